The highest BCUT2D eigenvalue weighted by molar-refractivity contribution is 5.98. The number of likely N-dealkylation sites (tertiary alicyclic amines) is 1. The van der Waals surface area contributed by atoms with E-state index >= 15 is 0 Å². The third-order valence-electron chi connectivity index (χ3n) is 11.5. The summed E-state index contributed by atoms with van der Waals surface area (Å²) in [7, 11) is 1.72. The number of anilines is 2. The van der Waals surface area contributed by atoms with Gasteiger partial charge in [-0.05, 0) is 84.8 Å². The van der Waals surface area contributed by atoms with Crippen molar-refractivity contribution in [3.05, 3.63) is 160 Å². The van der Waals surface area contributed by atoms with Crippen molar-refractivity contribution in [1.29, 1.82) is 0 Å². The maximum absolute atomic E-state index is 13.3. The standard InChI is InChI=1S/C50H54N6O7/c1-33(51-32-45(58)41-19-21-44(57)48-42(41)20-22-46(59)54-48)29-34-15-17-35(18-16-34)31-52-49(61)37-11-8-12-38(30-37)55(2)47(60)25-28-56-26-23-39(24-27-56)63-50(62)53-43-14-7-6-13-40(43)36-9-4-3-5-10-36/h3-22,30,33,39,45,51,57-58H,23-29,31-32H2,1-2H3,(H,52,61)(H,53,62)(H,54,59)/t33-,45+/m1/s1. The number of hydrogen-bond donors (Lipinski definition) is 6. The molecule has 63 heavy (non-hydrogen) atoms. The number of amides is 3. The van der Waals surface area contributed by atoms with Gasteiger partial charge in [-0.3, -0.25) is 19.7 Å². The minimum Gasteiger partial charge on any atom is -0.506 e. The SMILES string of the molecule is C[C@H](Cc1ccc(CNC(=O)c2cccc(N(C)C(=O)CCN3CCC(OC(=O)Nc4ccccc4-c4ccccc4)CC3)c2)cc1)NC[C@H](O)c1ccc(O)c2[nH]c(=O)ccc12. The first kappa shape index (κ1) is 44.3. The van der Waals surface area contributed by atoms with E-state index in [0.29, 0.717) is 85.3 Å². The third-order valence-corrected chi connectivity index (χ3v) is 11.5. The number of para-hydroxylation sites is 1. The number of benzene rings is 5. The van der Waals surface area contributed by atoms with Crippen LogP contribution in [-0.4, -0.2) is 83.4 Å². The maximum Gasteiger partial charge on any atom is 0.411 e. The van der Waals surface area contributed by atoms with Gasteiger partial charge < -0.3 is 40.4 Å². The fourth-order valence-electron chi connectivity index (χ4n) is 7.90. The van der Waals surface area contributed by atoms with Crippen molar-refractivity contribution < 1.29 is 29.3 Å². The van der Waals surface area contributed by atoms with Gasteiger partial charge in [0.05, 0.1) is 17.3 Å². The zero-order chi connectivity index (χ0) is 44.3. The number of aromatic amines is 1. The van der Waals surface area contributed by atoms with Gasteiger partial charge in [-0.25, -0.2) is 4.79 Å². The lowest BCUT2D eigenvalue weighted by Crippen LogP contribution is -2.40. The van der Waals surface area contributed by atoms with E-state index in [1.807, 2.05) is 91.9 Å². The van der Waals surface area contributed by atoms with Crippen LogP contribution in [0.2, 0.25) is 0 Å². The molecular formula is C50H54N6O7. The van der Waals surface area contributed by atoms with Gasteiger partial charge in [0.2, 0.25) is 11.5 Å². The van der Waals surface area contributed by atoms with Gasteiger partial charge >= 0.3 is 6.09 Å². The minimum absolute atomic E-state index is 0.0419. The Morgan fingerprint density at radius 2 is 1.60 bits per heavy atom. The third kappa shape index (κ3) is 11.8. The van der Waals surface area contributed by atoms with Crippen LogP contribution >= 0.6 is 0 Å². The second kappa shape index (κ2) is 20.8. The smallest absolute Gasteiger partial charge is 0.411 e. The molecule has 0 saturated carbocycles. The quantitative estimate of drug-likeness (QED) is 0.0591. The number of aliphatic hydroxyl groups excluding tert-OH is 1. The lowest BCUT2D eigenvalue weighted by Gasteiger charge is -2.31. The molecule has 7 rings (SSSR count). The van der Waals surface area contributed by atoms with E-state index < -0.39 is 12.2 Å². The van der Waals surface area contributed by atoms with Gasteiger partial charge in [0.15, 0.2) is 0 Å². The Labute approximate surface area is 366 Å². The second-order valence-corrected chi connectivity index (χ2v) is 16.0. The molecule has 5 aromatic carbocycles. The van der Waals surface area contributed by atoms with E-state index in [9.17, 15) is 29.4 Å². The Kier molecular flexibility index (Phi) is 14.6. The molecule has 1 fully saturated rings. The van der Waals surface area contributed by atoms with Crippen molar-refractivity contribution in [2.24, 2.45) is 0 Å². The van der Waals surface area contributed by atoms with Gasteiger partial charge in [0.1, 0.15) is 11.9 Å². The van der Waals surface area contributed by atoms with Crippen LogP contribution in [0, 0.1) is 0 Å². The molecule has 0 radical (unpaired) electrons. The van der Waals surface area contributed by atoms with Crippen molar-refractivity contribution in [3.63, 3.8) is 0 Å². The Hall–Kier alpha value is -6.80. The summed E-state index contributed by atoms with van der Waals surface area (Å²) < 4.78 is 5.78. The molecule has 2 atom stereocenters. The fraction of sp³-hybridized carbons (Fsp3) is 0.280. The number of aromatic hydroxyl groups is 1. The molecule has 6 N–H and O–H groups in total. The second-order valence-electron chi connectivity index (χ2n) is 16.0. The van der Waals surface area contributed by atoms with Crippen LogP contribution in [0.25, 0.3) is 22.0 Å². The average Bonchev–Trinajstić information content (AvgIpc) is 3.30. The number of carbonyl (C=O) groups is 3. The van der Waals surface area contributed by atoms with E-state index in [-0.39, 0.29) is 41.8 Å². The van der Waals surface area contributed by atoms with E-state index in [4.69, 9.17) is 4.74 Å². The molecule has 1 aliphatic heterocycles. The van der Waals surface area contributed by atoms with Gasteiger partial charge in [0, 0.05) is 80.5 Å². The van der Waals surface area contributed by atoms with Crippen molar-refractivity contribution in [1.82, 2.24) is 20.5 Å². The summed E-state index contributed by atoms with van der Waals surface area (Å²) in [5.41, 5.74) is 6.31. The maximum atomic E-state index is 13.3. The Morgan fingerprint density at radius 3 is 2.38 bits per heavy atom. The Morgan fingerprint density at radius 1 is 0.873 bits per heavy atom. The fourth-order valence-corrected chi connectivity index (χ4v) is 7.90. The molecule has 0 aliphatic carbocycles. The molecule has 2 heterocycles. The number of rotatable bonds is 16. The first-order valence-corrected chi connectivity index (χ1v) is 21.3. The lowest BCUT2D eigenvalue weighted by atomic mass is 10.0. The van der Waals surface area contributed by atoms with Crippen LogP contribution in [-0.2, 0) is 22.5 Å². The van der Waals surface area contributed by atoms with Crippen molar-refractivity contribution in [2.45, 2.75) is 57.4 Å². The zero-order valence-corrected chi connectivity index (χ0v) is 35.6. The van der Waals surface area contributed by atoms with E-state index in [2.05, 4.69) is 25.8 Å². The summed E-state index contributed by atoms with van der Waals surface area (Å²) in [6.07, 6.45) is 0.833. The number of nitrogens with zero attached hydrogens (tertiary/aromatic N) is 2. The van der Waals surface area contributed by atoms with Crippen molar-refractivity contribution in [2.75, 3.05) is 43.4 Å². The highest BCUT2D eigenvalue weighted by Gasteiger charge is 2.24. The van der Waals surface area contributed by atoms with Crippen LogP contribution in [0.4, 0.5) is 16.2 Å². The van der Waals surface area contributed by atoms with E-state index in [0.717, 1.165) is 22.3 Å². The minimum atomic E-state index is -0.852. The monoisotopic (exact) mass is 850 g/mol. The number of aromatic nitrogens is 1. The Balaban J connectivity index is 0.809. The van der Waals surface area contributed by atoms with Crippen LogP contribution < -0.4 is 26.4 Å². The number of carbonyl (C=O) groups excluding carboxylic acids is 3. The van der Waals surface area contributed by atoms with Crippen molar-refractivity contribution >= 4 is 40.2 Å². The van der Waals surface area contributed by atoms with Crippen LogP contribution in [0.3, 0.4) is 0 Å². The highest BCUT2D eigenvalue weighted by Crippen LogP contribution is 2.30. The molecule has 0 bridgehead atoms. The number of piperidine rings is 1. The zero-order valence-electron chi connectivity index (χ0n) is 35.6. The summed E-state index contributed by atoms with van der Waals surface area (Å²) in [6.45, 7) is 4.64. The number of aliphatic hydroxyl groups is 1. The molecule has 0 unspecified atom stereocenters. The predicted molar refractivity (Wildman–Crippen MR) is 246 cm³/mol. The molecule has 326 valence electrons. The number of phenols is 1. The van der Waals surface area contributed by atoms with E-state index in [1.54, 1.807) is 42.3 Å². The molecule has 1 aromatic heterocycles. The number of phenolic OH excluding ortho intramolecular Hbond substituents is 1. The Bertz CT molecular complexity index is 2570. The topological polar surface area (TPSA) is 176 Å². The number of ether oxygens (including phenoxy) is 1. The number of H-pyrrole nitrogens is 1. The largest absolute Gasteiger partial charge is 0.506 e. The lowest BCUT2D eigenvalue weighted by molar-refractivity contribution is -0.118. The van der Waals surface area contributed by atoms with E-state index in [1.165, 1.54) is 12.1 Å². The normalized spacial score (nSPS) is 14.1. The molecule has 6 aromatic rings. The molecule has 0 spiro atoms. The average molecular weight is 851 g/mol. The molecule has 1 aliphatic rings. The van der Waals surface area contributed by atoms with Crippen LogP contribution in [0.15, 0.2) is 132 Å². The number of fused-ring (bicyclic) bond motifs is 1. The first-order valence-electron chi connectivity index (χ1n) is 21.3. The van der Waals surface area contributed by atoms with Gasteiger partial charge in [-0.15, -0.1) is 0 Å². The number of hydrogen-bond acceptors (Lipinski definition) is 9. The summed E-state index contributed by atoms with van der Waals surface area (Å²) in [6, 6.07) is 38.7. The number of pyridine rings is 1. The molecule has 13 nitrogen and oxygen atoms in total. The molecule has 1 saturated heterocycles. The highest BCUT2D eigenvalue weighted by atomic mass is 16.6. The predicted octanol–water partition coefficient (Wildman–Crippen LogP) is 7.15. The number of nitrogens with one attached hydrogen (secondary N) is 4. The van der Waals surface area contributed by atoms with Crippen molar-refractivity contribution in [3.8, 4) is 16.9 Å². The summed E-state index contributed by atoms with van der Waals surface area (Å²) in [4.78, 5) is 57.5. The molecular weight excluding hydrogens is 797 g/mol. The first-order chi connectivity index (χ1) is 30.5. The summed E-state index contributed by atoms with van der Waals surface area (Å²) >= 11 is 0. The van der Waals surface area contributed by atoms with Gasteiger partial charge in [0.25, 0.3) is 5.91 Å². The molecule has 13 heteroatoms. The van der Waals surface area contributed by atoms with Gasteiger partial charge in [-0.1, -0.05) is 84.9 Å². The summed E-state index contributed by atoms with van der Waals surface area (Å²) in [5.74, 6) is -0.359. The van der Waals surface area contributed by atoms with Crippen LogP contribution in [0.5, 0.6) is 5.75 Å². The van der Waals surface area contributed by atoms with Crippen LogP contribution in [0.1, 0.15) is 59.3 Å². The molecule has 3 amide bonds. The van der Waals surface area contributed by atoms with Gasteiger partial charge in [-0.2, -0.15) is 0 Å². The summed E-state index contributed by atoms with van der Waals surface area (Å²) in [5, 5.41) is 30.9.